The summed E-state index contributed by atoms with van der Waals surface area (Å²) in [5.41, 5.74) is 1.73. The highest BCUT2D eigenvalue weighted by molar-refractivity contribution is 7.80. The topological polar surface area (TPSA) is 0 Å². The summed E-state index contributed by atoms with van der Waals surface area (Å²) in [5, 5.41) is 0. The molecule has 13 heavy (non-hydrogen) atoms. The molecule has 0 nitrogen and oxygen atoms in total. The summed E-state index contributed by atoms with van der Waals surface area (Å²) in [4.78, 5) is 0. The number of hydrogen-bond acceptors (Lipinski definition) is 1. The van der Waals surface area contributed by atoms with Gasteiger partial charge in [0, 0.05) is 0 Å². The number of benzene rings is 1. The number of halogens is 1. The molecule has 0 bridgehead atoms. The third-order valence-electron chi connectivity index (χ3n) is 1.79. The number of allylic oxidation sites excluding steroid dienone is 1. The van der Waals surface area contributed by atoms with E-state index in [1.54, 1.807) is 13.0 Å². The summed E-state index contributed by atoms with van der Waals surface area (Å²) in [5.74, 6) is 0.697. The molecule has 1 aromatic rings. The Morgan fingerprint density at radius 1 is 1.46 bits per heavy atom. The van der Waals surface area contributed by atoms with Crippen molar-refractivity contribution in [2.45, 2.75) is 13.3 Å². The highest BCUT2D eigenvalue weighted by Crippen LogP contribution is 2.10. The van der Waals surface area contributed by atoms with Gasteiger partial charge >= 0.3 is 0 Å². The van der Waals surface area contributed by atoms with Gasteiger partial charge in [-0.15, -0.1) is 0 Å². The SMILES string of the molecule is Cc1cc(C=CCCS)ccc1F. The van der Waals surface area contributed by atoms with Gasteiger partial charge < -0.3 is 0 Å². The van der Waals surface area contributed by atoms with Crippen molar-refractivity contribution < 1.29 is 4.39 Å². The number of aryl methyl sites for hydroxylation is 1. The lowest BCUT2D eigenvalue weighted by atomic mass is 10.1. The molecule has 70 valence electrons. The van der Waals surface area contributed by atoms with E-state index in [-0.39, 0.29) is 5.82 Å². The summed E-state index contributed by atoms with van der Waals surface area (Å²) in [6, 6.07) is 5.11. The van der Waals surface area contributed by atoms with Crippen molar-refractivity contribution in [1.29, 1.82) is 0 Å². The predicted molar refractivity (Wildman–Crippen MR) is 58.6 cm³/mol. The van der Waals surface area contributed by atoms with Crippen LogP contribution in [-0.2, 0) is 0 Å². The summed E-state index contributed by atoms with van der Waals surface area (Å²) in [6.45, 7) is 1.77. The Morgan fingerprint density at radius 2 is 2.23 bits per heavy atom. The molecule has 0 amide bonds. The van der Waals surface area contributed by atoms with Crippen molar-refractivity contribution >= 4 is 18.7 Å². The van der Waals surface area contributed by atoms with Gasteiger partial charge in [-0.3, -0.25) is 0 Å². The van der Waals surface area contributed by atoms with E-state index in [1.807, 2.05) is 18.2 Å². The van der Waals surface area contributed by atoms with Gasteiger partial charge in [-0.25, -0.2) is 4.39 Å². The van der Waals surface area contributed by atoms with Crippen LogP contribution in [-0.4, -0.2) is 5.75 Å². The lowest BCUT2D eigenvalue weighted by Crippen LogP contribution is -1.82. The predicted octanol–water partition coefficient (Wildman–Crippen LogP) is 3.47. The van der Waals surface area contributed by atoms with E-state index in [0.29, 0.717) is 5.56 Å². The fourth-order valence-corrected chi connectivity index (χ4v) is 1.21. The third-order valence-corrected chi connectivity index (χ3v) is 2.05. The van der Waals surface area contributed by atoms with Gasteiger partial charge in [0.25, 0.3) is 0 Å². The second-order valence-corrected chi connectivity index (χ2v) is 3.37. The lowest BCUT2D eigenvalue weighted by Gasteiger charge is -1.97. The molecular formula is C11H13FS. The van der Waals surface area contributed by atoms with E-state index in [1.165, 1.54) is 6.07 Å². The Balaban J connectivity index is 2.73. The van der Waals surface area contributed by atoms with Crippen LogP contribution >= 0.6 is 12.6 Å². The summed E-state index contributed by atoms with van der Waals surface area (Å²) in [6.07, 6.45) is 4.97. The maximum Gasteiger partial charge on any atom is 0.126 e. The van der Waals surface area contributed by atoms with Gasteiger partial charge in [0.05, 0.1) is 0 Å². The normalized spacial score (nSPS) is 11.0. The molecular weight excluding hydrogens is 183 g/mol. The van der Waals surface area contributed by atoms with Crippen molar-refractivity contribution in [3.05, 3.63) is 41.2 Å². The molecule has 0 spiro atoms. The highest BCUT2D eigenvalue weighted by Gasteiger charge is 1.95. The van der Waals surface area contributed by atoms with Gasteiger partial charge in [0.15, 0.2) is 0 Å². The van der Waals surface area contributed by atoms with Crippen molar-refractivity contribution in [1.82, 2.24) is 0 Å². The van der Waals surface area contributed by atoms with Crippen molar-refractivity contribution in [3.63, 3.8) is 0 Å². The summed E-state index contributed by atoms with van der Waals surface area (Å²) < 4.78 is 12.9. The van der Waals surface area contributed by atoms with E-state index < -0.39 is 0 Å². The Morgan fingerprint density at radius 3 is 2.85 bits per heavy atom. The maximum absolute atomic E-state index is 12.9. The van der Waals surface area contributed by atoms with Crippen LogP contribution in [0.15, 0.2) is 24.3 Å². The average Bonchev–Trinajstić information content (AvgIpc) is 2.12. The average molecular weight is 196 g/mol. The smallest absolute Gasteiger partial charge is 0.126 e. The second-order valence-electron chi connectivity index (χ2n) is 2.92. The minimum absolute atomic E-state index is 0.147. The molecule has 0 aliphatic carbocycles. The van der Waals surface area contributed by atoms with E-state index in [0.717, 1.165) is 17.7 Å². The van der Waals surface area contributed by atoms with Crippen LogP contribution in [0, 0.1) is 12.7 Å². The van der Waals surface area contributed by atoms with Crippen molar-refractivity contribution in [3.8, 4) is 0 Å². The Bertz CT molecular complexity index is 305. The summed E-state index contributed by atoms with van der Waals surface area (Å²) in [7, 11) is 0. The zero-order valence-electron chi connectivity index (χ0n) is 7.63. The first-order valence-electron chi connectivity index (χ1n) is 4.27. The fraction of sp³-hybridized carbons (Fsp3) is 0.273. The first kappa shape index (κ1) is 10.3. The minimum Gasteiger partial charge on any atom is -0.207 e. The molecule has 0 fully saturated rings. The Hall–Kier alpha value is -0.760. The largest absolute Gasteiger partial charge is 0.207 e. The molecule has 0 heterocycles. The number of thiol groups is 1. The number of hydrogen-bond donors (Lipinski definition) is 1. The molecule has 0 aliphatic heterocycles. The number of rotatable bonds is 3. The molecule has 0 atom stereocenters. The molecule has 0 radical (unpaired) electrons. The Labute approximate surface area is 83.9 Å². The van der Waals surface area contributed by atoms with E-state index in [2.05, 4.69) is 12.6 Å². The molecule has 0 saturated heterocycles. The third kappa shape index (κ3) is 3.23. The maximum atomic E-state index is 12.9. The molecule has 0 saturated carbocycles. The molecule has 0 aromatic heterocycles. The van der Waals surface area contributed by atoms with E-state index in [9.17, 15) is 4.39 Å². The first-order chi connectivity index (χ1) is 6.24. The first-order valence-corrected chi connectivity index (χ1v) is 4.91. The van der Waals surface area contributed by atoms with Crippen LogP contribution in [0.5, 0.6) is 0 Å². The molecule has 1 rings (SSSR count). The van der Waals surface area contributed by atoms with E-state index >= 15 is 0 Å². The molecule has 2 heteroatoms. The van der Waals surface area contributed by atoms with Gasteiger partial charge in [0.2, 0.25) is 0 Å². The molecule has 0 N–H and O–H groups in total. The molecule has 0 aliphatic rings. The zero-order valence-corrected chi connectivity index (χ0v) is 8.52. The van der Waals surface area contributed by atoms with Crippen molar-refractivity contribution in [2.24, 2.45) is 0 Å². The van der Waals surface area contributed by atoms with Gasteiger partial charge in [-0.2, -0.15) is 12.6 Å². The minimum atomic E-state index is -0.147. The van der Waals surface area contributed by atoms with Gasteiger partial charge in [-0.1, -0.05) is 18.2 Å². The van der Waals surface area contributed by atoms with Gasteiger partial charge in [0.1, 0.15) is 5.82 Å². The second kappa shape index (κ2) is 5.07. The van der Waals surface area contributed by atoms with Crippen LogP contribution in [0.1, 0.15) is 17.5 Å². The van der Waals surface area contributed by atoms with Crippen molar-refractivity contribution in [2.75, 3.05) is 5.75 Å². The molecule has 1 aromatic carbocycles. The lowest BCUT2D eigenvalue weighted by molar-refractivity contribution is 0.618. The standard InChI is InChI=1S/C11H13FS/c1-9-8-10(4-2-3-7-13)5-6-11(9)12/h2,4-6,8,13H,3,7H2,1H3. The van der Waals surface area contributed by atoms with E-state index in [4.69, 9.17) is 0 Å². The Kier molecular flexibility index (Phi) is 4.03. The monoisotopic (exact) mass is 196 g/mol. The van der Waals surface area contributed by atoms with Crippen LogP contribution in [0.2, 0.25) is 0 Å². The van der Waals surface area contributed by atoms with Crippen LogP contribution in [0.25, 0.3) is 6.08 Å². The molecule has 0 unspecified atom stereocenters. The highest BCUT2D eigenvalue weighted by atomic mass is 32.1. The van der Waals surface area contributed by atoms with Gasteiger partial charge in [-0.05, 0) is 42.4 Å². The van der Waals surface area contributed by atoms with Crippen LogP contribution in [0.4, 0.5) is 4.39 Å². The van der Waals surface area contributed by atoms with Crippen LogP contribution in [0.3, 0.4) is 0 Å². The quantitative estimate of drug-likeness (QED) is 0.703. The zero-order chi connectivity index (χ0) is 9.68. The summed E-state index contributed by atoms with van der Waals surface area (Å²) >= 11 is 4.09. The van der Waals surface area contributed by atoms with Crippen LogP contribution < -0.4 is 0 Å². The fourth-order valence-electron chi connectivity index (χ4n) is 1.07.